The number of amides is 1. The van der Waals surface area contributed by atoms with Crippen LogP contribution >= 0.6 is 0 Å². The van der Waals surface area contributed by atoms with Gasteiger partial charge in [0.1, 0.15) is 18.0 Å². The molecule has 1 N–H and O–H groups in total. The van der Waals surface area contributed by atoms with Crippen LogP contribution in [0.4, 0.5) is 5.69 Å². The number of carboxylic acids is 1. The lowest BCUT2D eigenvalue weighted by Crippen LogP contribution is -2.42. The first-order valence-electron chi connectivity index (χ1n) is 5.36. The summed E-state index contributed by atoms with van der Waals surface area (Å²) in [5.41, 5.74) is 1.27. The highest BCUT2D eigenvalue weighted by atomic mass is 16.5. The number of fused-ring (bicyclic) bond motifs is 1. The number of anilines is 1. The molecule has 0 aromatic heterocycles. The number of rotatable bonds is 3. The van der Waals surface area contributed by atoms with Gasteiger partial charge in [-0.2, -0.15) is 0 Å². The van der Waals surface area contributed by atoms with E-state index in [9.17, 15) is 9.59 Å². The minimum Gasteiger partial charge on any atom is -0.496 e. The van der Waals surface area contributed by atoms with Crippen molar-refractivity contribution >= 4 is 17.6 Å². The van der Waals surface area contributed by atoms with Gasteiger partial charge in [0.25, 0.3) is 5.91 Å². The van der Waals surface area contributed by atoms with E-state index in [0.29, 0.717) is 17.2 Å². The molecule has 0 atom stereocenters. The molecule has 0 spiro atoms. The van der Waals surface area contributed by atoms with Crippen LogP contribution in [-0.4, -0.2) is 37.2 Å². The second kappa shape index (κ2) is 4.56. The van der Waals surface area contributed by atoms with E-state index < -0.39 is 5.97 Å². The Labute approximate surface area is 104 Å². The van der Waals surface area contributed by atoms with Crippen molar-refractivity contribution in [2.75, 3.05) is 25.2 Å². The normalized spacial score (nSPS) is 13.9. The number of aryl methyl sites for hydroxylation is 1. The number of benzene rings is 1. The van der Waals surface area contributed by atoms with Gasteiger partial charge >= 0.3 is 5.97 Å². The fourth-order valence-electron chi connectivity index (χ4n) is 1.86. The average Bonchev–Trinajstić information content (AvgIpc) is 2.32. The maximum absolute atomic E-state index is 11.7. The molecule has 1 aliphatic rings. The largest absolute Gasteiger partial charge is 0.496 e. The molecule has 1 aliphatic heterocycles. The van der Waals surface area contributed by atoms with Crippen molar-refractivity contribution in [1.82, 2.24) is 0 Å². The van der Waals surface area contributed by atoms with Crippen LogP contribution in [0.2, 0.25) is 0 Å². The van der Waals surface area contributed by atoms with Crippen molar-refractivity contribution in [3.05, 3.63) is 17.7 Å². The zero-order valence-corrected chi connectivity index (χ0v) is 10.1. The van der Waals surface area contributed by atoms with E-state index in [1.807, 2.05) is 6.92 Å². The molecule has 18 heavy (non-hydrogen) atoms. The topological polar surface area (TPSA) is 76.1 Å². The van der Waals surface area contributed by atoms with Gasteiger partial charge in [-0.15, -0.1) is 0 Å². The van der Waals surface area contributed by atoms with Crippen molar-refractivity contribution in [2.45, 2.75) is 6.92 Å². The number of nitrogens with zero attached hydrogens (tertiary/aromatic N) is 1. The third-order valence-corrected chi connectivity index (χ3v) is 2.71. The molecule has 1 amide bonds. The molecule has 1 aromatic carbocycles. The number of methoxy groups -OCH3 is 1. The maximum atomic E-state index is 11.7. The monoisotopic (exact) mass is 251 g/mol. The minimum atomic E-state index is -1.07. The number of carbonyl (C=O) groups is 2. The van der Waals surface area contributed by atoms with Crippen LogP contribution in [0.3, 0.4) is 0 Å². The molecule has 6 heteroatoms. The summed E-state index contributed by atoms with van der Waals surface area (Å²) in [6, 6.07) is 3.35. The van der Waals surface area contributed by atoms with Gasteiger partial charge in [0.15, 0.2) is 6.61 Å². The van der Waals surface area contributed by atoms with Gasteiger partial charge in [-0.25, -0.2) is 0 Å². The standard InChI is InChI=1S/C12H13NO5/c1-7-3-8-10(4-9(7)17-2)18-6-11(14)13(8)5-12(15)16/h3-4H,5-6H2,1-2H3,(H,15,16). The van der Waals surface area contributed by atoms with E-state index >= 15 is 0 Å². The summed E-state index contributed by atoms with van der Waals surface area (Å²) >= 11 is 0. The van der Waals surface area contributed by atoms with Crippen LogP contribution in [-0.2, 0) is 9.59 Å². The van der Waals surface area contributed by atoms with Gasteiger partial charge in [0.2, 0.25) is 0 Å². The summed E-state index contributed by atoms with van der Waals surface area (Å²) in [7, 11) is 1.54. The highest BCUT2D eigenvalue weighted by Gasteiger charge is 2.28. The molecule has 0 saturated heterocycles. The molecule has 0 aliphatic carbocycles. The van der Waals surface area contributed by atoms with Crippen molar-refractivity contribution in [1.29, 1.82) is 0 Å². The Balaban J connectivity index is 2.46. The van der Waals surface area contributed by atoms with Crippen LogP contribution < -0.4 is 14.4 Å². The first-order chi connectivity index (χ1) is 8.52. The highest BCUT2D eigenvalue weighted by molar-refractivity contribution is 6.01. The smallest absolute Gasteiger partial charge is 0.323 e. The molecule has 6 nitrogen and oxygen atoms in total. The van der Waals surface area contributed by atoms with Gasteiger partial charge in [-0.3, -0.25) is 14.5 Å². The van der Waals surface area contributed by atoms with E-state index in [2.05, 4.69) is 0 Å². The Hall–Kier alpha value is -2.24. The SMILES string of the molecule is COc1cc2c(cc1C)N(CC(=O)O)C(=O)CO2. The Bertz CT molecular complexity index is 511. The number of hydrogen-bond acceptors (Lipinski definition) is 4. The molecular formula is C12H13NO5. The van der Waals surface area contributed by atoms with E-state index in [1.54, 1.807) is 12.1 Å². The molecule has 1 aromatic rings. The summed E-state index contributed by atoms with van der Waals surface area (Å²) < 4.78 is 10.4. The molecule has 0 unspecified atom stereocenters. The van der Waals surface area contributed by atoms with Crippen molar-refractivity contribution in [3.63, 3.8) is 0 Å². The Morgan fingerprint density at radius 1 is 1.56 bits per heavy atom. The molecule has 0 radical (unpaired) electrons. The third-order valence-electron chi connectivity index (χ3n) is 2.71. The first-order valence-corrected chi connectivity index (χ1v) is 5.36. The van der Waals surface area contributed by atoms with Gasteiger partial charge in [0.05, 0.1) is 12.8 Å². The number of carboxylic acid groups (broad SMARTS) is 1. The van der Waals surface area contributed by atoms with Gasteiger partial charge in [-0.05, 0) is 18.6 Å². The summed E-state index contributed by atoms with van der Waals surface area (Å²) in [5.74, 6) is -0.337. The Morgan fingerprint density at radius 3 is 2.89 bits per heavy atom. The second-order valence-electron chi connectivity index (χ2n) is 3.95. The molecule has 2 rings (SSSR count). The van der Waals surface area contributed by atoms with Crippen molar-refractivity contribution in [2.24, 2.45) is 0 Å². The predicted molar refractivity (Wildman–Crippen MR) is 63.2 cm³/mol. The van der Waals surface area contributed by atoms with Gasteiger partial charge in [0, 0.05) is 6.07 Å². The minimum absolute atomic E-state index is 0.160. The van der Waals surface area contributed by atoms with Gasteiger partial charge < -0.3 is 14.6 Å². The number of carbonyl (C=O) groups excluding carboxylic acids is 1. The van der Waals surface area contributed by atoms with E-state index in [1.165, 1.54) is 12.0 Å². The molecule has 0 fully saturated rings. The highest BCUT2D eigenvalue weighted by Crippen LogP contribution is 2.37. The predicted octanol–water partition coefficient (Wildman–Crippen LogP) is 0.814. The van der Waals surface area contributed by atoms with Crippen molar-refractivity contribution < 1.29 is 24.2 Å². The number of aliphatic carboxylic acids is 1. The zero-order chi connectivity index (χ0) is 13.3. The maximum Gasteiger partial charge on any atom is 0.323 e. The first kappa shape index (κ1) is 12.2. The fraction of sp³-hybridized carbons (Fsp3) is 0.333. The van der Waals surface area contributed by atoms with Crippen LogP contribution in [0.25, 0.3) is 0 Å². The quantitative estimate of drug-likeness (QED) is 0.860. The summed E-state index contributed by atoms with van der Waals surface area (Å²) in [4.78, 5) is 23.6. The number of hydrogen-bond donors (Lipinski definition) is 1. The van der Waals surface area contributed by atoms with Crippen LogP contribution in [0.5, 0.6) is 11.5 Å². The van der Waals surface area contributed by atoms with E-state index in [0.717, 1.165) is 5.56 Å². The molecule has 0 saturated carbocycles. The lowest BCUT2D eigenvalue weighted by Gasteiger charge is -2.28. The van der Waals surface area contributed by atoms with Crippen LogP contribution in [0.15, 0.2) is 12.1 Å². The second-order valence-corrected chi connectivity index (χ2v) is 3.95. The molecule has 1 heterocycles. The molecule has 96 valence electrons. The molecular weight excluding hydrogens is 238 g/mol. The van der Waals surface area contributed by atoms with Crippen LogP contribution in [0, 0.1) is 6.92 Å². The number of ether oxygens (including phenoxy) is 2. The van der Waals surface area contributed by atoms with Crippen molar-refractivity contribution in [3.8, 4) is 11.5 Å². The lowest BCUT2D eigenvalue weighted by molar-refractivity contribution is -0.137. The summed E-state index contributed by atoms with van der Waals surface area (Å²) in [6.07, 6.45) is 0. The Morgan fingerprint density at radius 2 is 2.28 bits per heavy atom. The third kappa shape index (κ3) is 2.09. The van der Waals surface area contributed by atoms with E-state index in [-0.39, 0.29) is 19.1 Å². The summed E-state index contributed by atoms with van der Waals surface area (Å²) in [5, 5.41) is 8.82. The van der Waals surface area contributed by atoms with Gasteiger partial charge in [-0.1, -0.05) is 0 Å². The summed E-state index contributed by atoms with van der Waals surface area (Å²) in [6.45, 7) is 1.28. The van der Waals surface area contributed by atoms with Crippen LogP contribution in [0.1, 0.15) is 5.56 Å². The fourth-order valence-corrected chi connectivity index (χ4v) is 1.86. The average molecular weight is 251 g/mol. The zero-order valence-electron chi connectivity index (χ0n) is 10.1. The Kier molecular flexibility index (Phi) is 3.10. The van der Waals surface area contributed by atoms with E-state index in [4.69, 9.17) is 14.6 Å². The lowest BCUT2D eigenvalue weighted by atomic mass is 10.1. The molecule has 0 bridgehead atoms.